The van der Waals surface area contributed by atoms with Gasteiger partial charge in [0.15, 0.2) is 0 Å². The van der Waals surface area contributed by atoms with Crippen molar-refractivity contribution in [3.05, 3.63) is 33.4 Å². The van der Waals surface area contributed by atoms with Crippen LogP contribution in [0.4, 0.5) is 0 Å². The standard InChI is InChI=1S/C12H14BrN3O/c1-3-9(4-2)16-7-15-12(17)10-5-8(13)6-14-11(10)16/h5-7,9H,3-4H2,1-2H3. The van der Waals surface area contributed by atoms with Gasteiger partial charge in [-0.25, -0.2) is 4.98 Å². The highest BCUT2D eigenvalue weighted by Crippen LogP contribution is 2.20. The number of aromatic nitrogens is 3. The van der Waals surface area contributed by atoms with Crippen molar-refractivity contribution in [2.24, 2.45) is 0 Å². The van der Waals surface area contributed by atoms with Crippen LogP contribution < -0.4 is 5.56 Å². The molecule has 2 aromatic heterocycles. The van der Waals surface area contributed by atoms with Crippen LogP contribution >= 0.6 is 15.9 Å². The van der Waals surface area contributed by atoms with E-state index < -0.39 is 0 Å². The molecule has 90 valence electrons. The summed E-state index contributed by atoms with van der Waals surface area (Å²) in [5.41, 5.74) is 0.484. The predicted octanol–water partition coefficient (Wildman–Crippen LogP) is 2.92. The van der Waals surface area contributed by atoms with Crippen LogP contribution in [0.2, 0.25) is 0 Å². The van der Waals surface area contributed by atoms with Crippen LogP contribution in [0.1, 0.15) is 32.7 Å². The average molecular weight is 296 g/mol. The Hall–Kier alpha value is -1.23. The summed E-state index contributed by atoms with van der Waals surface area (Å²) in [6.45, 7) is 4.24. The first-order chi connectivity index (χ1) is 8.17. The normalized spacial score (nSPS) is 11.3. The van der Waals surface area contributed by atoms with E-state index in [9.17, 15) is 4.79 Å². The second kappa shape index (κ2) is 4.96. The van der Waals surface area contributed by atoms with Crippen molar-refractivity contribution in [1.29, 1.82) is 0 Å². The van der Waals surface area contributed by atoms with Crippen molar-refractivity contribution in [3.63, 3.8) is 0 Å². The number of halogens is 1. The molecule has 0 saturated carbocycles. The highest BCUT2D eigenvalue weighted by molar-refractivity contribution is 9.10. The molecular weight excluding hydrogens is 282 g/mol. The molecule has 2 rings (SSSR count). The summed E-state index contributed by atoms with van der Waals surface area (Å²) >= 11 is 3.32. The summed E-state index contributed by atoms with van der Waals surface area (Å²) < 4.78 is 2.79. The van der Waals surface area contributed by atoms with Crippen LogP contribution in [-0.4, -0.2) is 14.5 Å². The molecule has 0 radical (unpaired) electrons. The number of nitrogens with zero attached hydrogens (tertiary/aromatic N) is 3. The van der Waals surface area contributed by atoms with Crippen molar-refractivity contribution in [2.75, 3.05) is 0 Å². The van der Waals surface area contributed by atoms with E-state index in [2.05, 4.69) is 39.7 Å². The lowest BCUT2D eigenvalue weighted by atomic mass is 10.1. The van der Waals surface area contributed by atoms with Crippen LogP contribution in [-0.2, 0) is 0 Å². The lowest BCUT2D eigenvalue weighted by Gasteiger charge is -2.18. The molecule has 0 atom stereocenters. The predicted molar refractivity (Wildman–Crippen MR) is 71.1 cm³/mol. The molecule has 0 aliphatic rings. The molecule has 0 aromatic carbocycles. The molecule has 2 aromatic rings. The minimum absolute atomic E-state index is 0.226. The summed E-state index contributed by atoms with van der Waals surface area (Å²) in [5, 5.41) is 0.564. The van der Waals surface area contributed by atoms with E-state index in [1.165, 1.54) is 0 Å². The SMILES string of the molecule is CCC(CC)n1cnc(=O)c2cc(Br)cnc21. The summed E-state index contributed by atoms with van der Waals surface area (Å²) in [5.74, 6) is 0. The zero-order valence-corrected chi connectivity index (χ0v) is 11.4. The smallest absolute Gasteiger partial charge is 0.282 e. The van der Waals surface area contributed by atoms with Gasteiger partial charge in [0, 0.05) is 16.7 Å². The first kappa shape index (κ1) is 12.2. The van der Waals surface area contributed by atoms with Crippen molar-refractivity contribution in [2.45, 2.75) is 32.7 Å². The van der Waals surface area contributed by atoms with Gasteiger partial charge in [-0.2, -0.15) is 4.98 Å². The molecule has 0 fully saturated rings. The van der Waals surface area contributed by atoms with Crippen LogP contribution in [0.25, 0.3) is 11.0 Å². The van der Waals surface area contributed by atoms with Gasteiger partial charge in [0.1, 0.15) is 12.0 Å². The summed E-state index contributed by atoms with van der Waals surface area (Å²) in [6, 6.07) is 2.11. The van der Waals surface area contributed by atoms with E-state index in [1.54, 1.807) is 18.6 Å². The third-order valence-corrected chi connectivity index (χ3v) is 3.38. The van der Waals surface area contributed by atoms with Gasteiger partial charge in [-0.3, -0.25) is 4.79 Å². The maximum Gasteiger partial charge on any atom is 0.282 e. The molecule has 4 nitrogen and oxygen atoms in total. The fourth-order valence-electron chi connectivity index (χ4n) is 1.98. The van der Waals surface area contributed by atoms with Crippen molar-refractivity contribution in [1.82, 2.24) is 14.5 Å². The molecule has 0 unspecified atom stereocenters. The molecule has 0 bridgehead atoms. The van der Waals surface area contributed by atoms with Crippen LogP contribution in [0, 0.1) is 0 Å². The Kier molecular flexibility index (Phi) is 3.57. The van der Waals surface area contributed by atoms with E-state index in [0.29, 0.717) is 17.1 Å². The molecule has 0 N–H and O–H groups in total. The third-order valence-electron chi connectivity index (χ3n) is 2.94. The molecule has 0 saturated heterocycles. The number of rotatable bonds is 3. The Bertz CT molecular complexity index is 590. The third kappa shape index (κ3) is 2.24. The molecule has 17 heavy (non-hydrogen) atoms. The van der Waals surface area contributed by atoms with Gasteiger partial charge < -0.3 is 4.57 Å². The number of pyridine rings is 1. The molecule has 0 amide bonds. The monoisotopic (exact) mass is 295 g/mol. The van der Waals surface area contributed by atoms with Gasteiger partial charge >= 0.3 is 0 Å². The second-order valence-electron chi connectivity index (χ2n) is 3.95. The maximum absolute atomic E-state index is 11.7. The highest BCUT2D eigenvalue weighted by Gasteiger charge is 2.11. The molecule has 0 aliphatic heterocycles. The van der Waals surface area contributed by atoms with Gasteiger partial charge in [0.05, 0.1) is 5.39 Å². The van der Waals surface area contributed by atoms with E-state index >= 15 is 0 Å². The Morgan fingerprint density at radius 3 is 2.71 bits per heavy atom. The first-order valence-corrected chi connectivity index (χ1v) is 6.49. The van der Waals surface area contributed by atoms with Crippen molar-refractivity contribution in [3.8, 4) is 0 Å². The van der Waals surface area contributed by atoms with Gasteiger partial charge in [-0.15, -0.1) is 0 Å². The Labute approximate surface area is 108 Å². The van der Waals surface area contributed by atoms with Gasteiger partial charge in [0.2, 0.25) is 0 Å². The molecule has 0 aliphatic carbocycles. The van der Waals surface area contributed by atoms with Crippen molar-refractivity contribution < 1.29 is 0 Å². The van der Waals surface area contributed by atoms with Crippen LogP contribution in [0.3, 0.4) is 0 Å². The zero-order valence-electron chi connectivity index (χ0n) is 9.85. The van der Waals surface area contributed by atoms with E-state index in [1.807, 2.05) is 4.57 Å². The Balaban J connectivity index is 2.74. The van der Waals surface area contributed by atoms with Crippen LogP contribution in [0.5, 0.6) is 0 Å². The van der Waals surface area contributed by atoms with Gasteiger partial charge in [-0.05, 0) is 34.8 Å². The molecule has 0 spiro atoms. The second-order valence-corrected chi connectivity index (χ2v) is 4.87. The summed E-state index contributed by atoms with van der Waals surface area (Å²) in [7, 11) is 0. The Morgan fingerprint density at radius 2 is 2.06 bits per heavy atom. The fourth-order valence-corrected chi connectivity index (χ4v) is 2.31. The lowest BCUT2D eigenvalue weighted by Crippen LogP contribution is -2.17. The zero-order chi connectivity index (χ0) is 12.4. The van der Waals surface area contributed by atoms with Gasteiger partial charge in [-0.1, -0.05) is 13.8 Å². The Morgan fingerprint density at radius 1 is 1.35 bits per heavy atom. The topological polar surface area (TPSA) is 47.8 Å². The first-order valence-electron chi connectivity index (χ1n) is 5.69. The molecule has 5 heteroatoms. The van der Waals surface area contributed by atoms with E-state index in [-0.39, 0.29) is 5.56 Å². The van der Waals surface area contributed by atoms with E-state index in [0.717, 1.165) is 17.3 Å². The van der Waals surface area contributed by atoms with E-state index in [4.69, 9.17) is 0 Å². The fraction of sp³-hybridized carbons (Fsp3) is 0.417. The number of hydrogen-bond acceptors (Lipinski definition) is 3. The minimum atomic E-state index is -0.226. The number of fused-ring (bicyclic) bond motifs is 1. The summed E-state index contributed by atoms with van der Waals surface area (Å²) in [4.78, 5) is 19.9. The molecule has 2 heterocycles. The quantitative estimate of drug-likeness (QED) is 0.875. The maximum atomic E-state index is 11.7. The summed E-state index contributed by atoms with van der Waals surface area (Å²) in [6.07, 6.45) is 5.30. The highest BCUT2D eigenvalue weighted by atomic mass is 79.9. The largest absolute Gasteiger partial charge is 0.313 e. The minimum Gasteiger partial charge on any atom is -0.313 e. The van der Waals surface area contributed by atoms with Crippen LogP contribution in [0.15, 0.2) is 27.9 Å². The molecular formula is C12H14BrN3O. The number of hydrogen-bond donors (Lipinski definition) is 0. The van der Waals surface area contributed by atoms with Crippen molar-refractivity contribution >= 4 is 27.0 Å². The lowest BCUT2D eigenvalue weighted by molar-refractivity contribution is 0.474. The average Bonchev–Trinajstić information content (AvgIpc) is 2.34. The van der Waals surface area contributed by atoms with Gasteiger partial charge in [0.25, 0.3) is 5.56 Å².